The third-order valence-electron chi connectivity index (χ3n) is 1.67. The molecular formula is C9H19NO2. The molecule has 2 atom stereocenters. The van der Waals surface area contributed by atoms with E-state index in [0.717, 1.165) is 6.42 Å². The van der Waals surface area contributed by atoms with Gasteiger partial charge in [-0.3, -0.25) is 4.79 Å². The lowest BCUT2D eigenvalue weighted by atomic mass is 10.0. The highest BCUT2D eigenvalue weighted by Crippen LogP contribution is 2.07. The number of carbonyl (C=O) groups is 1. The van der Waals surface area contributed by atoms with E-state index in [-0.39, 0.29) is 0 Å². The molecule has 0 bridgehead atoms. The molecule has 0 aromatic heterocycles. The lowest BCUT2D eigenvalue weighted by Crippen LogP contribution is -2.31. The van der Waals surface area contributed by atoms with Crippen molar-refractivity contribution in [3.8, 4) is 0 Å². The zero-order chi connectivity index (χ0) is 10.1. The summed E-state index contributed by atoms with van der Waals surface area (Å²) in [5, 5.41) is 8.40. The molecule has 0 aliphatic heterocycles. The molecule has 0 fully saturated rings. The molecule has 0 saturated carbocycles. The maximum atomic E-state index is 10.2. The molecule has 0 aliphatic rings. The normalized spacial score (nSPS) is 13.9. The molecule has 0 aromatic carbocycles. The number of rotatable bonds is 4. The van der Waals surface area contributed by atoms with Crippen LogP contribution in [0.1, 0.15) is 26.7 Å². The van der Waals surface area contributed by atoms with Crippen LogP contribution >= 0.6 is 0 Å². The summed E-state index contributed by atoms with van der Waals surface area (Å²) in [6.07, 6.45) is 1.56. The summed E-state index contributed by atoms with van der Waals surface area (Å²) < 4.78 is 0. The van der Waals surface area contributed by atoms with Crippen molar-refractivity contribution >= 4 is 5.97 Å². The van der Waals surface area contributed by atoms with Crippen molar-refractivity contribution in [2.45, 2.75) is 32.7 Å². The van der Waals surface area contributed by atoms with Gasteiger partial charge in [0.1, 0.15) is 6.04 Å². The molecule has 0 rings (SSSR count). The van der Waals surface area contributed by atoms with Gasteiger partial charge in [-0.25, -0.2) is 0 Å². The number of hydrogen-bond donors (Lipinski definition) is 2. The molecule has 3 heteroatoms. The summed E-state index contributed by atoms with van der Waals surface area (Å²) in [5.74, 6) is -0.494. The van der Waals surface area contributed by atoms with Crippen LogP contribution in [0, 0.1) is 5.92 Å². The minimum atomic E-state index is -0.902. The molecule has 3 N–H and O–H groups in total. The Balaban J connectivity index is 0. The number of carboxylic acid groups (broad SMARTS) is 1. The van der Waals surface area contributed by atoms with Crippen molar-refractivity contribution in [1.82, 2.24) is 0 Å². The molecule has 0 amide bonds. The molecule has 2 unspecified atom stereocenters. The lowest BCUT2D eigenvalue weighted by Gasteiger charge is -2.10. The van der Waals surface area contributed by atoms with Gasteiger partial charge in [0.2, 0.25) is 0 Å². The predicted molar refractivity (Wildman–Crippen MR) is 50.9 cm³/mol. The highest BCUT2D eigenvalue weighted by Gasteiger charge is 2.13. The first-order valence-electron chi connectivity index (χ1n) is 4.06. The van der Waals surface area contributed by atoms with E-state index >= 15 is 0 Å². The van der Waals surface area contributed by atoms with Gasteiger partial charge in [-0.1, -0.05) is 20.3 Å². The predicted octanol–water partition coefficient (Wildman–Crippen LogP) is 1.64. The van der Waals surface area contributed by atoms with E-state index in [1.165, 1.54) is 0 Å². The first-order chi connectivity index (χ1) is 5.57. The van der Waals surface area contributed by atoms with Crippen LogP contribution in [0.2, 0.25) is 0 Å². The Hall–Kier alpha value is -0.830. The fourth-order valence-electron chi connectivity index (χ4n) is 0.701. The van der Waals surface area contributed by atoms with Crippen molar-refractivity contribution in [2.24, 2.45) is 11.7 Å². The Morgan fingerprint density at radius 1 is 1.58 bits per heavy atom. The maximum absolute atomic E-state index is 10.2. The van der Waals surface area contributed by atoms with Crippen LogP contribution in [0.15, 0.2) is 13.2 Å². The first-order valence-corrected chi connectivity index (χ1v) is 4.06. The van der Waals surface area contributed by atoms with Crippen molar-refractivity contribution in [1.29, 1.82) is 0 Å². The number of hydrogen-bond acceptors (Lipinski definition) is 2. The van der Waals surface area contributed by atoms with Crippen molar-refractivity contribution in [3.63, 3.8) is 0 Å². The number of aliphatic carboxylic acids is 1. The van der Waals surface area contributed by atoms with Crippen LogP contribution in [-0.4, -0.2) is 17.1 Å². The van der Waals surface area contributed by atoms with E-state index in [9.17, 15) is 4.79 Å². The van der Waals surface area contributed by atoms with Crippen LogP contribution in [0.5, 0.6) is 0 Å². The van der Waals surface area contributed by atoms with Gasteiger partial charge < -0.3 is 10.8 Å². The SMILES string of the molecule is C=C.CCC(C)CC(N)C(=O)O. The third-order valence-corrected chi connectivity index (χ3v) is 1.67. The van der Waals surface area contributed by atoms with E-state index in [0.29, 0.717) is 12.3 Å². The summed E-state index contributed by atoms with van der Waals surface area (Å²) in [7, 11) is 0. The minimum absolute atomic E-state index is 0.408. The van der Waals surface area contributed by atoms with Gasteiger partial charge in [0, 0.05) is 0 Å². The van der Waals surface area contributed by atoms with Crippen LogP contribution in [0.25, 0.3) is 0 Å². The van der Waals surface area contributed by atoms with E-state index in [4.69, 9.17) is 10.8 Å². The monoisotopic (exact) mass is 173 g/mol. The smallest absolute Gasteiger partial charge is 0.320 e. The summed E-state index contributed by atoms with van der Waals surface area (Å²) in [4.78, 5) is 10.2. The zero-order valence-electron chi connectivity index (χ0n) is 7.92. The summed E-state index contributed by atoms with van der Waals surface area (Å²) in [6, 6.07) is -0.685. The van der Waals surface area contributed by atoms with Gasteiger partial charge in [0.15, 0.2) is 0 Å². The maximum Gasteiger partial charge on any atom is 0.320 e. The van der Waals surface area contributed by atoms with E-state index in [1.807, 2.05) is 13.8 Å². The molecular weight excluding hydrogens is 154 g/mol. The molecule has 0 radical (unpaired) electrons. The minimum Gasteiger partial charge on any atom is -0.480 e. The molecule has 0 saturated heterocycles. The molecule has 0 aromatic rings. The largest absolute Gasteiger partial charge is 0.480 e. The Morgan fingerprint density at radius 3 is 2.25 bits per heavy atom. The second-order valence-corrected chi connectivity index (χ2v) is 2.69. The lowest BCUT2D eigenvalue weighted by molar-refractivity contribution is -0.138. The second kappa shape index (κ2) is 8.27. The fourth-order valence-corrected chi connectivity index (χ4v) is 0.701. The standard InChI is InChI=1S/C7H15NO2.C2H4/c1-3-5(2)4-6(8)7(9)10;1-2/h5-6H,3-4,8H2,1-2H3,(H,9,10);1-2H2. The summed E-state index contributed by atoms with van der Waals surface area (Å²) >= 11 is 0. The Bertz CT molecular complexity index is 126. The quantitative estimate of drug-likeness (QED) is 0.635. The van der Waals surface area contributed by atoms with Crippen LogP contribution in [0.4, 0.5) is 0 Å². The van der Waals surface area contributed by atoms with Gasteiger partial charge in [-0.15, -0.1) is 13.2 Å². The number of nitrogens with two attached hydrogens (primary N) is 1. The van der Waals surface area contributed by atoms with Gasteiger partial charge in [0.25, 0.3) is 0 Å². The highest BCUT2D eigenvalue weighted by molar-refractivity contribution is 5.72. The summed E-state index contributed by atoms with van der Waals surface area (Å²) in [5.41, 5.74) is 5.29. The molecule has 72 valence electrons. The van der Waals surface area contributed by atoms with Gasteiger partial charge >= 0.3 is 5.97 Å². The van der Waals surface area contributed by atoms with Gasteiger partial charge in [-0.2, -0.15) is 0 Å². The van der Waals surface area contributed by atoms with Crippen LogP contribution in [0.3, 0.4) is 0 Å². The molecule has 0 spiro atoms. The highest BCUT2D eigenvalue weighted by atomic mass is 16.4. The van der Waals surface area contributed by atoms with E-state index in [1.54, 1.807) is 0 Å². The summed E-state index contributed by atoms with van der Waals surface area (Å²) in [6.45, 7) is 10.0. The fraction of sp³-hybridized carbons (Fsp3) is 0.667. The Kier molecular flexibility index (Phi) is 9.47. The molecule has 0 heterocycles. The van der Waals surface area contributed by atoms with Crippen LogP contribution in [-0.2, 0) is 4.79 Å². The third kappa shape index (κ3) is 7.28. The van der Waals surface area contributed by atoms with Gasteiger partial charge in [-0.05, 0) is 12.3 Å². The number of carboxylic acids is 1. The van der Waals surface area contributed by atoms with Crippen molar-refractivity contribution < 1.29 is 9.90 Å². The second-order valence-electron chi connectivity index (χ2n) is 2.69. The Morgan fingerprint density at radius 2 is 2.00 bits per heavy atom. The molecule has 12 heavy (non-hydrogen) atoms. The Labute approximate surface area is 74.3 Å². The molecule has 0 aliphatic carbocycles. The van der Waals surface area contributed by atoms with Crippen molar-refractivity contribution in [3.05, 3.63) is 13.2 Å². The van der Waals surface area contributed by atoms with E-state index < -0.39 is 12.0 Å². The first kappa shape index (κ1) is 13.7. The molecule has 3 nitrogen and oxygen atoms in total. The van der Waals surface area contributed by atoms with Crippen LogP contribution < -0.4 is 5.73 Å². The van der Waals surface area contributed by atoms with E-state index in [2.05, 4.69) is 13.2 Å². The van der Waals surface area contributed by atoms with Crippen molar-refractivity contribution in [2.75, 3.05) is 0 Å². The average Bonchev–Trinajstić information content (AvgIpc) is 2.07. The topological polar surface area (TPSA) is 63.3 Å². The average molecular weight is 173 g/mol. The zero-order valence-corrected chi connectivity index (χ0v) is 7.92. The van der Waals surface area contributed by atoms with Gasteiger partial charge in [0.05, 0.1) is 0 Å².